The van der Waals surface area contributed by atoms with Gasteiger partial charge in [0, 0.05) is 41.1 Å². The van der Waals surface area contributed by atoms with Gasteiger partial charge in [0.15, 0.2) is 5.41 Å². The van der Waals surface area contributed by atoms with Gasteiger partial charge in [0.05, 0.1) is 11.3 Å². The van der Waals surface area contributed by atoms with E-state index in [2.05, 4.69) is 21.3 Å². The number of aromatic nitrogens is 3. The van der Waals surface area contributed by atoms with E-state index in [-0.39, 0.29) is 11.8 Å². The van der Waals surface area contributed by atoms with Crippen molar-refractivity contribution in [3.8, 4) is 28.7 Å². The Bertz CT molecular complexity index is 1710. The molecular weight excluding hydrogens is 538 g/mol. The van der Waals surface area contributed by atoms with E-state index in [1.807, 2.05) is 37.3 Å². The monoisotopic (exact) mass is 566 g/mol. The van der Waals surface area contributed by atoms with Crippen molar-refractivity contribution in [2.24, 2.45) is 17.8 Å². The average Bonchev–Trinajstić information content (AvgIpc) is 3.57. The molecule has 212 valence electrons. The molecule has 0 radical (unpaired) electrons. The minimum atomic E-state index is -3.22. The molecule has 2 aromatic heterocycles. The van der Waals surface area contributed by atoms with Crippen molar-refractivity contribution in [1.29, 1.82) is 5.26 Å². The van der Waals surface area contributed by atoms with E-state index in [1.54, 1.807) is 55.6 Å². The van der Waals surface area contributed by atoms with Gasteiger partial charge in [0.25, 0.3) is 5.92 Å². The van der Waals surface area contributed by atoms with Crippen molar-refractivity contribution in [1.82, 2.24) is 15.2 Å². The van der Waals surface area contributed by atoms with E-state index in [4.69, 9.17) is 9.15 Å². The number of cyclic esters (lactones) is 1. The molecule has 0 unspecified atom stereocenters. The van der Waals surface area contributed by atoms with Crippen LogP contribution < -0.4 is 0 Å². The normalized spacial score (nSPS) is 26.5. The van der Waals surface area contributed by atoms with Crippen LogP contribution in [0.2, 0.25) is 0 Å². The van der Waals surface area contributed by atoms with E-state index in [1.165, 1.54) is 6.92 Å². The van der Waals surface area contributed by atoms with Gasteiger partial charge in [0.2, 0.25) is 11.8 Å². The lowest BCUT2D eigenvalue weighted by Gasteiger charge is -2.46. The molecule has 5 atom stereocenters. The topological polar surface area (TPSA) is 102 Å². The number of ether oxygens (including phenoxy) is 1. The molecule has 4 aromatic rings. The third-order valence-corrected chi connectivity index (χ3v) is 8.70. The third-order valence-electron chi connectivity index (χ3n) is 8.70. The van der Waals surface area contributed by atoms with Gasteiger partial charge in [0.1, 0.15) is 12.2 Å². The SMILES string of the molecule is Cc1cccc(-c2ccc(/C=C/[C@@H]3[C@@H]4[C@@H](C)OC(=O)[C@]4(c4nnc(-c5ccccc5)o4)CC(F)(F)[C@H]3C)nc2)c1C#N. The molecule has 6 rings (SSSR count). The lowest BCUT2D eigenvalue weighted by Crippen LogP contribution is -2.56. The Labute approximate surface area is 241 Å². The molecule has 0 amide bonds. The predicted octanol–water partition coefficient (Wildman–Crippen LogP) is 6.78. The van der Waals surface area contributed by atoms with Crippen LogP contribution in [0.15, 0.2) is 77.4 Å². The average molecular weight is 567 g/mol. The molecule has 1 saturated carbocycles. The minimum absolute atomic E-state index is 0.151. The zero-order chi connectivity index (χ0) is 29.6. The quantitative estimate of drug-likeness (QED) is 0.245. The number of nitriles is 1. The van der Waals surface area contributed by atoms with Gasteiger partial charge in [-0.1, -0.05) is 55.5 Å². The summed E-state index contributed by atoms with van der Waals surface area (Å²) in [6.07, 6.45) is 3.61. The van der Waals surface area contributed by atoms with Crippen molar-refractivity contribution >= 4 is 12.0 Å². The van der Waals surface area contributed by atoms with Gasteiger partial charge in [-0.3, -0.25) is 9.78 Å². The van der Waals surface area contributed by atoms with Gasteiger partial charge in [-0.05, 0) is 49.6 Å². The van der Waals surface area contributed by atoms with Crippen LogP contribution in [-0.4, -0.2) is 33.2 Å². The predicted molar refractivity (Wildman–Crippen MR) is 151 cm³/mol. The van der Waals surface area contributed by atoms with Crippen LogP contribution in [0.3, 0.4) is 0 Å². The second-order valence-electron chi connectivity index (χ2n) is 11.1. The zero-order valence-electron chi connectivity index (χ0n) is 23.3. The van der Waals surface area contributed by atoms with E-state index in [9.17, 15) is 10.1 Å². The van der Waals surface area contributed by atoms with Crippen molar-refractivity contribution in [3.63, 3.8) is 0 Å². The second-order valence-corrected chi connectivity index (χ2v) is 11.1. The summed E-state index contributed by atoms with van der Waals surface area (Å²) in [7, 11) is 0. The second kappa shape index (κ2) is 10.3. The number of fused-ring (bicyclic) bond motifs is 1. The molecule has 42 heavy (non-hydrogen) atoms. The van der Waals surface area contributed by atoms with Crippen molar-refractivity contribution < 1.29 is 22.7 Å². The minimum Gasteiger partial charge on any atom is -0.461 e. The summed E-state index contributed by atoms with van der Waals surface area (Å²) in [4.78, 5) is 17.9. The van der Waals surface area contributed by atoms with Crippen LogP contribution >= 0.6 is 0 Å². The molecule has 7 nitrogen and oxygen atoms in total. The van der Waals surface area contributed by atoms with Crippen LogP contribution in [0.1, 0.15) is 43.0 Å². The highest BCUT2D eigenvalue weighted by molar-refractivity contribution is 5.85. The highest BCUT2D eigenvalue weighted by Gasteiger charge is 2.71. The lowest BCUT2D eigenvalue weighted by molar-refractivity contribution is -0.159. The fraction of sp³-hybridized carbons (Fsp3) is 0.303. The number of benzene rings is 2. The number of allylic oxidation sites excluding steroid dienone is 1. The molecule has 0 bridgehead atoms. The number of aryl methyl sites for hydroxylation is 1. The molecule has 0 spiro atoms. The van der Waals surface area contributed by atoms with Crippen LogP contribution in [0.4, 0.5) is 8.78 Å². The van der Waals surface area contributed by atoms with Crippen molar-refractivity contribution in [3.05, 3.63) is 95.6 Å². The molecular formula is C33H28F2N4O3. The number of alkyl halides is 2. The first-order chi connectivity index (χ1) is 20.2. The maximum Gasteiger partial charge on any atom is 0.322 e. The molecule has 3 heterocycles. The molecule has 1 aliphatic heterocycles. The van der Waals surface area contributed by atoms with Crippen molar-refractivity contribution in [2.75, 3.05) is 0 Å². The first kappa shape index (κ1) is 27.5. The van der Waals surface area contributed by atoms with Gasteiger partial charge >= 0.3 is 5.97 Å². The standard InChI is InChI=1S/C33H28F2N4O3/c1-19-8-7-11-26(27(19)16-36)23-12-13-24(37-17-23)14-15-25-20(2)33(34,35)18-32(28(25)21(3)41-31(32)40)30-39-38-29(42-30)22-9-5-4-6-10-22/h4-15,17,20-21,25,28H,18H2,1-3H3/b15-14+/t20-,21+,25-,28-,32+/m0/s1. The summed E-state index contributed by atoms with van der Waals surface area (Å²) in [5.74, 6) is -6.51. The number of pyridine rings is 1. The lowest BCUT2D eigenvalue weighted by atomic mass is 9.56. The molecule has 0 N–H and O–H groups in total. The Morgan fingerprint density at radius 1 is 1.02 bits per heavy atom. The molecule has 1 aliphatic carbocycles. The van der Waals surface area contributed by atoms with E-state index >= 15 is 8.78 Å². The molecule has 2 aliphatic rings. The molecule has 9 heteroatoms. The maximum absolute atomic E-state index is 15.7. The Hall–Kier alpha value is -4.71. The van der Waals surface area contributed by atoms with E-state index < -0.39 is 47.6 Å². The summed E-state index contributed by atoms with van der Waals surface area (Å²) in [5, 5.41) is 17.8. The van der Waals surface area contributed by atoms with Crippen LogP contribution in [-0.2, 0) is 14.9 Å². The maximum atomic E-state index is 15.7. The first-order valence-electron chi connectivity index (χ1n) is 13.8. The molecule has 2 fully saturated rings. The Morgan fingerprint density at radius 2 is 1.81 bits per heavy atom. The number of esters is 1. The Balaban J connectivity index is 1.36. The van der Waals surface area contributed by atoms with Gasteiger partial charge in [-0.25, -0.2) is 8.78 Å². The number of rotatable bonds is 5. The molecule has 1 saturated heterocycles. The van der Waals surface area contributed by atoms with E-state index in [0.29, 0.717) is 16.8 Å². The fourth-order valence-corrected chi connectivity index (χ4v) is 6.46. The number of halogens is 2. The van der Waals surface area contributed by atoms with Gasteiger partial charge in [-0.2, -0.15) is 5.26 Å². The smallest absolute Gasteiger partial charge is 0.322 e. The first-order valence-corrected chi connectivity index (χ1v) is 13.8. The van der Waals surface area contributed by atoms with Gasteiger partial charge < -0.3 is 9.15 Å². The highest BCUT2D eigenvalue weighted by atomic mass is 19.3. The zero-order valence-corrected chi connectivity index (χ0v) is 23.3. The number of carbonyl (C=O) groups is 1. The third kappa shape index (κ3) is 4.38. The summed E-state index contributed by atoms with van der Waals surface area (Å²) in [5.41, 5.74) is 2.38. The summed E-state index contributed by atoms with van der Waals surface area (Å²) in [6, 6.07) is 20.5. The highest BCUT2D eigenvalue weighted by Crippen LogP contribution is 2.60. The Morgan fingerprint density at radius 3 is 2.52 bits per heavy atom. The van der Waals surface area contributed by atoms with Crippen LogP contribution in [0.5, 0.6) is 0 Å². The fourth-order valence-electron chi connectivity index (χ4n) is 6.46. The number of hydrogen-bond acceptors (Lipinski definition) is 7. The summed E-state index contributed by atoms with van der Waals surface area (Å²) < 4.78 is 43.1. The van der Waals surface area contributed by atoms with E-state index in [0.717, 1.165) is 16.7 Å². The Kier molecular flexibility index (Phi) is 6.72. The summed E-state index contributed by atoms with van der Waals surface area (Å²) in [6.45, 7) is 5.09. The van der Waals surface area contributed by atoms with Crippen LogP contribution in [0.25, 0.3) is 28.7 Å². The number of carbonyl (C=O) groups excluding carboxylic acids is 1. The largest absolute Gasteiger partial charge is 0.461 e. The van der Waals surface area contributed by atoms with Gasteiger partial charge in [-0.15, -0.1) is 10.2 Å². The van der Waals surface area contributed by atoms with Crippen LogP contribution in [0, 0.1) is 36.0 Å². The number of hydrogen-bond donors (Lipinski definition) is 0. The summed E-state index contributed by atoms with van der Waals surface area (Å²) >= 11 is 0. The molecule has 2 aromatic carbocycles. The number of nitrogens with zero attached hydrogens (tertiary/aromatic N) is 4. The van der Waals surface area contributed by atoms with Crippen molar-refractivity contribution in [2.45, 2.75) is 44.6 Å².